The summed E-state index contributed by atoms with van der Waals surface area (Å²) in [5.41, 5.74) is -5.65. The quantitative estimate of drug-likeness (QED) is 0.102. The Kier molecular flexibility index (Phi) is 7.68. The molecule has 0 atom stereocenters. The molecule has 0 amide bonds. The molecule has 0 aliphatic heterocycles. The molecule has 3 aromatic rings. The van der Waals surface area contributed by atoms with Crippen LogP contribution in [0.4, 0.5) is 23.2 Å². The van der Waals surface area contributed by atoms with Crippen molar-refractivity contribution in [3.63, 3.8) is 0 Å². The number of benzene rings is 1. The Morgan fingerprint density at radius 2 is 1.94 bits per heavy atom. The molecule has 0 bridgehead atoms. The number of fused-ring (bicyclic) bond motifs is 1. The highest BCUT2D eigenvalue weighted by Crippen LogP contribution is 2.36. The summed E-state index contributed by atoms with van der Waals surface area (Å²) in [7, 11) is -6.01. The Morgan fingerprint density at radius 3 is 2.54 bits per heavy atom. The molecule has 0 saturated heterocycles. The first-order chi connectivity index (χ1) is 16.5. The van der Waals surface area contributed by atoms with Crippen LogP contribution in [0.25, 0.3) is 16.8 Å². The van der Waals surface area contributed by atoms with Gasteiger partial charge in [-0.1, -0.05) is 6.08 Å². The van der Waals surface area contributed by atoms with Gasteiger partial charge in [-0.25, -0.2) is 13.7 Å². The van der Waals surface area contributed by atoms with E-state index in [1.54, 1.807) is 13.0 Å². The number of hydrogen-bond donors (Lipinski definition) is 1. The van der Waals surface area contributed by atoms with Gasteiger partial charge in [0, 0.05) is 18.2 Å². The Labute approximate surface area is 198 Å². The van der Waals surface area contributed by atoms with Gasteiger partial charge in [0.25, 0.3) is 0 Å². The van der Waals surface area contributed by atoms with Gasteiger partial charge in [0.15, 0.2) is 5.75 Å². The second-order valence-corrected chi connectivity index (χ2v) is 8.71. The lowest BCUT2D eigenvalue weighted by Gasteiger charge is -2.15. The van der Waals surface area contributed by atoms with Crippen LogP contribution < -0.4 is 9.50 Å². The van der Waals surface area contributed by atoms with Gasteiger partial charge >= 0.3 is 21.6 Å². The fraction of sp³-hybridized carbons (Fsp3) is 0.273. The number of nitrogens with zero attached hydrogens (tertiary/aromatic N) is 2. The van der Waals surface area contributed by atoms with Gasteiger partial charge in [0.05, 0.1) is 24.0 Å². The largest absolute Gasteiger partial charge is 0.534 e. The van der Waals surface area contributed by atoms with E-state index in [2.05, 4.69) is 21.2 Å². The van der Waals surface area contributed by atoms with Crippen LogP contribution in [0.15, 0.2) is 49.2 Å². The average molecular weight is 515 g/mol. The predicted octanol–water partition coefficient (Wildman–Crippen LogP) is 4.92. The number of alkyl halides is 3. The number of allylic oxidation sites excluding steroid dienone is 1. The standard InChI is InChI=1S/C22H21F4N3O5S/c1-3-5-6-11-27-16-13-29-17(12-18(16)34-35(31,32)22(24,25)26)19(21(30)33-4-2)20(28-29)14-7-9-15(23)10-8-14/h3,7-10,12-13,27H,1,4-6,11H2,2H3. The van der Waals surface area contributed by atoms with E-state index in [-0.39, 0.29) is 35.6 Å². The molecule has 2 heterocycles. The molecule has 1 N–H and O–H groups in total. The first-order valence-electron chi connectivity index (χ1n) is 10.3. The number of ether oxygens (including phenoxy) is 1. The van der Waals surface area contributed by atoms with Crippen molar-refractivity contribution >= 4 is 27.3 Å². The fourth-order valence-electron chi connectivity index (χ4n) is 3.12. The number of hydrogen-bond acceptors (Lipinski definition) is 7. The molecule has 0 saturated carbocycles. The highest BCUT2D eigenvalue weighted by atomic mass is 32.2. The summed E-state index contributed by atoms with van der Waals surface area (Å²) in [6.07, 6.45) is 3.97. The van der Waals surface area contributed by atoms with Crippen LogP contribution in [-0.2, 0) is 14.9 Å². The van der Waals surface area contributed by atoms with Crippen molar-refractivity contribution in [3.05, 3.63) is 60.6 Å². The van der Waals surface area contributed by atoms with Gasteiger partial charge in [0.2, 0.25) is 0 Å². The van der Waals surface area contributed by atoms with Crippen molar-refractivity contribution in [3.8, 4) is 17.0 Å². The number of carbonyl (C=O) groups excluding carboxylic acids is 1. The number of anilines is 1. The number of pyridine rings is 1. The van der Waals surface area contributed by atoms with Crippen molar-refractivity contribution in [1.29, 1.82) is 0 Å². The summed E-state index contributed by atoms with van der Waals surface area (Å²) in [6.45, 7) is 5.36. The number of nitrogens with one attached hydrogen (secondary N) is 1. The average Bonchev–Trinajstić information content (AvgIpc) is 3.14. The van der Waals surface area contributed by atoms with E-state index in [1.807, 2.05) is 0 Å². The number of aromatic nitrogens is 2. The smallest absolute Gasteiger partial charge is 0.462 e. The molecule has 0 fully saturated rings. The van der Waals surface area contributed by atoms with Crippen molar-refractivity contribution in [2.75, 3.05) is 18.5 Å². The molecule has 2 aromatic heterocycles. The van der Waals surface area contributed by atoms with Gasteiger partial charge in [-0.2, -0.15) is 26.7 Å². The molecule has 8 nitrogen and oxygen atoms in total. The van der Waals surface area contributed by atoms with E-state index >= 15 is 0 Å². The maximum absolute atomic E-state index is 13.4. The zero-order valence-corrected chi connectivity index (χ0v) is 19.2. The van der Waals surface area contributed by atoms with Crippen molar-refractivity contribution in [1.82, 2.24) is 9.61 Å². The van der Waals surface area contributed by atoms with Gasteiger partial charge in [0.1, 0.15) is 17.1 Å². The van der Waals surface area contributed by atoms with E-state index in [4.69, 9.17) is 4.74 Å². The van der Waals surface area contributed by atoms with Gasteiger partial charge in [-0.3, -0.25) is 0 Å². The first kappa shape index (κ1) is 26.0. The maximum atomic E-state index is 13.4. The van der Waals surface area contributed by atoms with Crippen LogP contribution in [-0.4, -0.2) is 42.7 Å². The number of rotatable bonds is 10. The SMILES string of the molecule is C=CCCCNc1cn2nc(-c3ccc(F)cc3)c(C(=O)OCC)c2cc1OS(=O)(=O)C(F)(F)F. The molecule has 13 heteroatoms. The molecule has 0 spiro atoms. The normalized spacial score (nSPS) is 11.9. The molecule has 1 aromatic carbocycles. The Bertz CT molecular complexity index is 1340. The minimum Gasteiger partial charge on any atom is -0.462 e. The van der Waals surface area contributed by atoms with Crippen LogP contribution >= 0.6 is 0 Å². The Balaban J connectivity index is 2.22. The van der Waals surface area contributed by atoms with Crippen LogP contribution in [0.1, 0.15) is 30.1 Å². The zero-order chi connectivity index (χ0) is 25.8. The third-order valence-corrected chi connectivity index (χ3v) is 5.68. The summed E-state index contributed by atoms with van der Waals surface area (Å²) in [4.78, 5) is 12.8. The lowest BCUT2D eigenvalue weighted by Crippen LogP contribution is -2.28. The van der Waals surface area contributed by atoms with E-state index in [0.717, 1.165) is 18.2 Å². The molecule has 0 aliphatic rings. The third kappa shape index (κ3) is 5.73. The van der Waals surface area contributed by atoms with E-state index in [1.165, 1.54) is 22.8 Å². The highest BCUT2D eigenvalue weighted by molar-refractivity contribution is 7.88. The Morgan fingerprint density at radius 1 is 1.26 bits per heavy atom. The number of carbonyl (C=O) groups is 1. The third-order valence-electron chi connectivity index (χ3n) is 4.71. The number of unbranched alkanes of at least 4 members (excludes halogenated alkanes) is 1. The molecule has 0 radical (unpaired) electrons. The number of halogens is 4. The summed E-state index contributed by atoms with van der Waals surface area (Å²) < 4.78 is 86.6. The maximum Gasteiger partial charge on any atom is 0.534 e. The fourth-order valence-corrected chi connectivity index (χ4v) is 3.59. The van der Waals surface area contributed by atoms with Crippen LogP contribution in [0.2, 0.25) is 0 Å². The Hall–Kier alpha value is -3.61. The summed E-state index contributed by atoms with van der Waals surface area (Å²) >= 11 is 0. The zero-order valence-electron chi connectivity index (χ0n) is 18.4. The van der Waals surface area contributed by atoms with Crippen molar-refractivity contribution in [2.24, 2.45) is 0 Å². The molecular formula is C22H21F4N3O5S. The topological polar surface area (TPSA) is 99.0 Å². The van der Waals surface area contributed by atoms with Crippen LogP contribution in [0.3, 0.4) is 0 Å². The highest BCUT2D eigenvalue weighted by Gasteiger charge is 2.49. The second kappa shape index (κ2) is 10.3. The molecule has 3 rings (SSSR count). The second-order valence-electron chi connectivity index (χ2n) is 7.17. The van der Waals surface area contributed by atoms with Crippen molar-refractivity contribution < 1.29 is 39.7 Å². The monoisotopic (exact) mass is 515 g/mol. The molecular weight excluding hydrogens is 494 g/mol. The minimum atomic E-state index is -6.01. The molecule has 35 heavy (non-hydrogen) atoms. The summed E-state index contributed by atoms with van der Waals surface area (Å²) in [5, 5.41) is 7.13. The van der Waals surface area contributed by atoms with Crippen LogP contribution in [0, 0.1) is 5.82 Å². The summed E-state index contributed by atoms with van der Waals surface area (Å²) in [6, 6.07) is 5.96. The van der Waals surface area contributed by atoms with Gasteiger partial charge in [-0.15, -0.1) is 6.58 Å². The van der Waals surface area contributed by atoms with Crippen molar-refractivity contribution in [2.45, 2.75) is 25.3 Å². The molecule has 0 unspecified atom stereocenters. The first-order valence-corrected chi connectivity index (χ1v) is 11.7. The van der Waals surface area contributed by atoms with E-state index < -0.39 is 33.2 Å². The van der Waals surface area contributed by atoms with E-state index in [0.29, 0.717) is 18.4 Å². The van der Waals surface area contributed by atoms with Gasteiger partial charge in [-0.05, 0) is 44.0 Å². The van der Waals surface area contributed by atoms with Crippen LogP contribution in [0.5, 0.6) is 5.75 Å². The minimum absolute atomic E-state index is 0.0201. The molecule has 188 valence electrons. The lowest BCUT2D eigenvalue weighted by molar-refractivity contribution is -0.0499. The predicted molar refractivity (Wildman–Crippen MR) is 120 cm³/mol. The molecule has 0 aliphatic carbocycles. The summed E-state index contributed by atoms with van der Waals surface area (Å²) in [5.74, 6) is -2.09. The number of esters is 1. The van der Waals surface area contributed by atoms with E-state index in [9.17, 15) is 30.8 Å². The van der Waals surface area contributed by atoms with Gasteiger partial charge < -0.3 is 14.2 Å². The lowest BCUT2D eigenvalue weighted by atomic mass is 10.1.